The number of carbonyl (C=O) groups is 2. The van der Waals surface area contributed by atoms with Gasteiger partial charge in [0.05, 0.1) is 18.2 Å². The average Bonchev–Trinajstić information content (AvgIpc) is 3.18. The van der Waals surface area contributed by atoms with Gasteiger partial charge in [-0.3, -0.25) is 9.59 Å². The fourth-order valence-corrected chi connectivity index (χ4v) is 4.80. The summed E-state index contributed by atoms with van der Waals surface area (Å²) in [6.45, 7) is 10.7. The summed E-state index contributed by atoms with van der Waals surface area (Å²) < 4.78 is 17.1. The summed E-state index contributed by atoms with van der Waals surface area (Å²) in [4.78, 5) is 30.5. The topological polar surface area (TPSA) is 88.5 Å². The lowest BCUT2D eigenvalue weighted by Gasteiger charge is -2.27. The molecular formula is C29H36N2O6. The van der Waals surface area contributed by atoms with Crippen molar-refractivity contribution < 1.29 is 28.9 Å². The Bertz CT molecular complexity index is 1160. The molecule has 8 heteroatoms. The predicted molar refractivity (Wildman–Crippen MR) is 141 cm³/mol. The fourth-order valence-electron chi connectivity index (χ4n) is 4.80. The molecule has 0 radical (unpaired) electrons. The lowest BCUT2D eigenvalue weighted by atomic mass is 9.95. The number of aliphatic hydroxyl groups is 1. The second-order valence-corrected chi connectivity index (χ2v) is 9.15. The monoisotopic (exact) mass is 508 g/mol. The SMILES string of the molecule is CCCOc1cccc([C@@H]2C(=C(O)c3ccc4c(c3)OCCO4)C(=O)C(=O)N2CCCN(CC)CC)c1. The molecule has 8 nitrogen and oxygen atoms in total. The highest BCUT2D eigenvalue weighted by Crippen LogP contribution is 2.41. The molecule has 4 rings (SSSR count). The van der Waals surface area contributed by atoms with Crippen LogP contribution in [0.1, 0.15) is 50.8 Å². The number of fused-ring (bicyclic) bond motifs is 1. The number of ketones is 1. The molecule has 1 fully saturated rings. The van der Waals surface area contributed by atoms with Crippen LogP contribution in [0.2, 0.25) is 0 Å². The van der Waals surface area contributed by atoms with Gasteiger partial charge in [0, 0.05) is 12.1 Å². The van der Waals surface area contributed by atoms with Gasteiger partial charge < -0.3 is 29.1 Å². The average molecular weight is 509 g/mol. The lowest BCUT2D eigenvalue weighted by Crippen LogP contribution is -2.33. The maximum atomic E-state index is 13.4. The summed E-state index contributed by atoms with van der Waals surface area (Å²) in [5.74, 6) is 0.203. The van der Waals surface area contributed by atoms with Crippen LogP contribution in [0.3, 0.4) is 0 Å². The zero-order chi connectivity index (χ0) is 26.4. The Morgan fingerprint density at radius 1 is 1.05 bits per heavy atom. The van der Waals surface area contributed by atoms with Crippen LogP contribution in [-0.2, 0) is 9.59 Å². The Morgan fingerprint density at radius 3 is 2.54 bits per heavy atom. The number of benzene rings is 2. The molecule has 1 atom stereocenters. The summed E-state index contributed by atoms with van der Waals surface area (Å²) in [7, 11) is 0. The smallest absolute Gasteiger partial charge is 0.295 e. The van der Waals surface area contributed by atoms with E-state index in [1.807, 2.05) is 31.2 Å². The molecule has 37 heavy (non-hydrogen) atoms. The Kier molecular flexibility index (Phi) is 8.71. The third-order valence-electron chi connectivity index (χ3n) is 6.77. The zero-order valence-corrected chi connectivity index (χ0v) is 21.9. The van der Waals surface area contributed by atoms with E-state index in [1.54, 1.807) is 23.1 Å². The van der Waals surface area contributed by atoms with Crippen molar-refractivity contribution in [2.75, 3.05) is 46.0 Å². The minimum atomic E-state index is -0.727. The third-order valence-corrected chi connectivity index (χ3v) is 6.77. The van der Waals surface area contributed by atoms with Crippen molar-refractivity contribution in [2.45, 2.75) is 39.7 Å². The molecule has 2 heterocycles. The van der Waals surface area contributed by atoms with Gasteiger partial charge in [0.15, 0.2) is 11.5 Å². The Labute approximate surface area is 218 Å². The van der Waals surface area contributed by atoms with Gasteiger partial charge in [-0.1, -0.05) is 32.9 Å². The summed E-state index contributed by atoms with van der Waals surface area (Å²) in [6, 6.07) is 11.7. The van der Waals surface area contributed by atoms with E-state index in [1.165, 1.54) is 0 Å². The van der Waals surface area contributed by atoms with Crippen LogP contribution in [0.15, 0.2) is 48.0 Å². The molecule has 0 aromatic heterocycles. The van der Waals surface area contributed by atoms with Crippen LogP contribution in [-0.4, -0.2) is 72.6 Å². The van der Waals surface area contributed by atoms with Crippen LogP contribution in [0.4, 0.5) is 0 Å². The Hall–Kier alpha value is -3.52. The van der Waals surface area contributed by atoms with E-state index in [4.69, 9.17) is 14.2 Å². The number of nitrogens with zero attached hydrogens (tertiary/aromatic N) is 2. The summed E-state index contributed by atoms with van der Waals surface area (Å²) >= 11 is 0. The number of ether oxygens (including phenoxy) is 3. The molecular weight excluding hydrogens is 472 g/mol. The molecule has 1 amide bonds. The van der Waals surface area contributed by atoms with E-state index in [0.717, 1.165) is 31.6 Å². The highest BCUT2D eigenvalue weighted by Gasteiger charge is 2.46. The number of amides is 1. The second kappa shape index (κ2) is 12.1. The minimum Gasteiger partial charge on any atom is -0.507 e. The van der Waals surface area contributed by atoms with E-state index in [9.17, 15) is 14.7 Å². The van der Waals surface area contributed by atoms with E-state index < -0.39 is 17.7 Å². The molecule has 2 aromatic rings. The highest BCUT2D eigenvalue weighted by atomic mass is 16.6. The molecule has 2 aromatic carbocycles. The number of likely N-dealkylation sites (tertiary alicyclic amines) is 1. The number of aliphatic hydroxyl groups excluding tert-OH is 1. The first-order chi connectivity index (χ1) is 18.0. The van der Waals surface area contributed by atoms with Gasteiger partial charge in [0.25, 0.3) is 11.7 Å². The van der Waals surface area contributed by atoms with Crippen molar-refractivity contribution in [3.8, 4) is 17.2 Å². The van der Waals surface area contributed by atoms with E-state index in [0.29, 0.717) is 55.6 Å². The second-order valence-electron chi connectivity index (χ2n) is 9.15. The van der Waals surface area contributed by atoms with E-state index >= 15 is 0 Å². The van der Waals surface area contributed by atoms with Crippen molar-refractivity contribution in [3.05, 3.63) is 59.2 Å². The van der Waals surface area contributed by atoms with Gasteiger partial charge in [-0.2, -0.15) is 0 Å². The molecule has 0 unspecified atom stereocenters. The molecule has 0 aliphatic carbocycles. The number of carbonyl (C=O) groups excluding carboxylic acids is 2. The van der Waals surface area contributed by atoms with Crippen molar-refractivity contribution in [2.24, 2.45) is 0 Å². The van der Waals surface area contributed by atoms with Crippen LogP contribution >= 0.6 is 0 Å². The largest absolute Gasteiger partial charge is 0.507 e. The number of Topliss-reactive ketones (excluding diaryl/α,β-unsaturated/α-hetero) is 1. The van der Waals surface area contributed by atoms with Gasteiger partial charge >= 0.3 is 0 Å². The maximum Gasteiger partial charge on any atom is 0.295 e. The van der Waals surface area contributed by atoms with Crippen molar-refractivity contribution in [1.29, 1.82) is 0 Å². The Balaban J connectivity index is 1.74. The summed E-state index contributed by atoms with van der Waals surface area (Å²) in [5.41, 5.74) is 1.18. The molecule has 0 saturated carbocycles. The standard InChI is InChI=1S/C29H36N2O6/c1-4-15-35-22-10-7-9-20(18-22)26-25(27(32)21-11-12-23-24(19-21)37-17-16-36-23)28(33)29(34)31(26)14-8-13-30(5-2)6-3/h7,9-12,18-19,26,32H,4-6,8,13-17H2,1-3H3/t26-/m1/s1. The number of hydrogen-bond acceptors (Lipinski definition) is 7. The number of rotatable bonds is 11. The van der Waals surface area contributed by atoms with Crippen LogP contribution in [0.25, 0.3) is 5.76 Å². The molecule has 198 valence electrons. The normalized spacial score (nSPS) is 18.5. The first-order valence-electron chi connectivity index (χ1n) is 13.1. The molecule has 1 saturated heterocycles. The molecule has 2 aliphatic rings. The summed E-state index contributed by atoms with van der Waals surface area (Å²) in [5, 5.41) is 11.4. The molecule has 0 spiro atoms. The van der Waals surface area contributed by atoms with Gasteiger partial charge in [-0.15, -0.1) is 0 Å². The van der Waals surface area contributed by atoms with Crippen molar-refractivity contribution >= 4 is 17.4 Å². The van der Waals surface area contributed by atoms with Gasteiger partial charge in [-0.05, 0) is 68.4 Å². The maximum absolute atomic E-state index is 13.4. The quantitative estimate of drug-likeness (QED) is 0.273. The first kappa shape index (κ1) is 26.5. The van der Waals surface area contributed by atoms with Gasteiger partial charge in [0.1, 0.15) is 24.7 Å². The lowest BCUT2D eigenvalue weighted by molar-refractivity contribution is -0.140. The van der Waals surface area contributed by atoms with E-state index in [-0.39, 0.29) is 11.3 Å². The predicted octanol–water partition coefficient (Wildman–Crippen LogP) is 4.40. The minimum absolute atomic E-state index is 0.0668. The molecule has 0 bridgehead atoms. The first-order valence-corrected chi connectivity index (χ1v) is 13.1. The zero-order valence-electron chi connectivity index (χ0n) is 21.9. The summed E-state index contributed by atoms with van der Waals surface area (Å²) in [6.07, 6.45) is 1.57. The Morgan fingerprint density at radius 2 is 1.81 bits per heavy atom. The van der Waals surface area contributed by atoms with Crippen LogP contribution in [0.5, 0.6) is 17.2 Å². The van der Waals surface area contributed by atoms with Crippen molar-refractivity contribution in [1.82, 2.24) is 9.80 Å². The molecule has 2 aliphatic heterocycles. The van der Waals surface area contributed by atoms with E-state index in [2.05, 4.69) is 18.7 Å². The fraction of sp³-hybridized carbons (Fsp3) is 0.448. The van der Waals surface area contributed by atoms with Crippen molar-refractivity contribution in [3.63, 3.8) is 0 Å². The van der Waals surface area contributed by atoms with Gasteiger partial charge in [-0.25, -0.2) is 0 Å². The van der Waals surface area contributed by atoms with Crippen LogP contribution in [0, 0.1) is 0 Å². The third kappa shape index (κ3) is 5.74. The van der Waals surface area contributed by atoms with Crippen LogP contribution < -0.4 is 14.2 Å². The van der Waals surface area contributed by atoms with Gasteiger partial charge in [0.2, 0.25) is 0 Å². The highest BCUT2D eigenvalue weighted by molar-refractivity contribution is 6.46. The molecule has 1 N–H and O–H groups in total. The number of hydrogen-bond donors (Lipinski definition) is 1.